The molecule has 7 heteroatoms. The highest BCUT2D eigenvalue weighted by atomic mass is 35.5. The largest absolute Gasteiger partial charge is 0.381 e. The minimum absolute atomic E-state index is 0.428. The first kappa shape index (κ1) is 20.7. The van der Waals surface area contributed by atoms with Gasteiger partial charge in [0.25, 0.3) is 0 Å². The lowest BCUT2D eigenvalue weighted by Crippen LogP contribution is -2.37. The normalized spacial score (nSPS) is 23.4. The Morgan fingerprint density at radius 2 is 2.03 bits per heavy atom. The van der Waals surface area contributed by atoms with E-state index in [4.69, 9.17) is 21.3 Å². The number of hydrogen-bond donors (Lipinski definition) is 2. The molecule has 0 spiro atoms. The number of anilines is 1. The van der Waals surface area contributed by atoms with Crippen molar-refractivity contribution in [1.82, 2.24) is 9.88 Å². The molecule has 3 heterocycles. The number of halogens is 1. The van der Waals surface area contributed by atoms with Crippen LogP contribution >= 0.6 is 23.4 Å². The third kappa shape index (κ3) is 4.82. The van der Waals surface area contributed by atoms with Gasteiger partial charge in [0.1, 0.15) is 5.04 Å². The van der Waals surface area contributed by atoms with Crippen LogP contribution in [0.15, 0.2) is 23.2 Å². The summed E-state index contributed by atoms with van der Waals surface area (Å²) in [5.74, 6) is 1.09. The topological polar surface area (TPSA) is 52.7 Å². The molecule has 2 N–H and O–H groups in total. The molecular weight excluding hydrogens is 416 g/mol. The Bertz CT molecular complexity index is 902. The molecule has 5 rings (SSSR count). The number of thioether (sulfide) groups is 1. The Balaban J connectivity index is 1.25. The standard InChI is InChI=1S/C23H31ClN4OS/c24-17-12-16-13-21(27-22(16)20(14-17)25-18-4-1-2-5-18)23-26-19(15-30-23)6-3-7-28-8-10-29-11-9-28/h12-14,18-19,25,27H,1-11,15H2/t19-/m1/s1. The Morgan fingerprint density at radius 3 is 2.87 bits per heavy atom. The Kier molecular flexibility index (Phi) is 6.56. The van der Waals surface area contributed by atoms with Crippen LogP contribution in [0.1, 0.15) is 44.2 Å². The summed E-state index contributed by atoms with van der Waals surface area (Å²) in [7, 11) is 0. The maximum absolute atomic E-state index is 6.42. The minimum Gasteiger partial charge on any atom is -0.381 e. The predicted octanol–water partition coefficient (Wildman–Crippen LogP) is 5.15. The number of nitrogens with zero attached hydrogens (tertiary/aromatic N) is 2. The molecule has 0 amide bonds. The highest BCUT2D eigenvalue weighted by Crippen LogP contribution is 2.33. The van der Waals surface area contributed by atoms with Crippen molar-refractivity contribution in [1.29, 1.82) is 0 Å². The lowest BCUT2D eigenvalue weighted by Gasteiger charge is -2.26. The molecule has 1 aromatic carbocycles. The number of aromatic nitrogens is 1. The van der Waals surface area contributed by atoms with Crippen LogP contribution in [0.2, 0.25) is 5.02 Å². The van der Waals surface area contributed by atoms with E-state index in [9.17, 15) is 0 Å². The van der Waals surface area contributed by atoms with Crippen molar-refractivity contribution in [3.63, 3.8) is 0 Å². The molecule has 1 aromatic heterocycles. The number of morpholine rings is 1. The second kappa shape index (κ2) is 9.51. The summed E-state index contributed by atoms with van der Waals surface area (Å²) in [5, 5.41) is 6.82. The van der Waals surface area contributed by atoms with Crippen LogP contribution in [0.5, 0.6) is 0 Å². The number of fused-ring (bicyclic) bond motifs is 1. The zero-order chi connectivity index (χ0) is 20.3. The Morgan fingerprint density at radius 1 is 1.20 bits per heavy atom. The van der Waals surface area contributed by atoms with Gasteiger partial charge in [-0.25, -0.2) is 0 Å². The molecule has 2 fully saturated rings. The summed E-state index contributed by atoms with van der Waals surface area (Å²) in [5.41, 5.74) is 3.41. The monoisotopic (exact) mass is 446 g/mol. The summed E-state index contributed by atoms with van der Waals surface area (Å²) >= 11 is 8.30. The molecule has 3 aliphatic rings. The van der Waals surface area contributed by atoms with E-state index in [1.165, 1.54) is 32.1 Å². The number of hydrogen-bond acceptors (Lipinski definition) is 5. The van der Waals surface area contributed by atoms with Crippen molar-refractivity contribution < 1.29 is 4.74 Å². The zero-order valence-electron chi connectivity index (χ0n) is 17.5. The average molecular weight is 447 g/mol. The molecule has 162 valence electrons. The van der Waals surface area contributed by atoms with Crippen molar-refractivity contribution >= 4 is 45.0 Å². The quantitative estimate of drug-likeness (QED) is 0.617. The van der Waals surface area contributed by atoms with Gasteiger partial charge < -0.3 is 15.0 Å². The average Bonchev–Trinajstić information content (AvgIpc) is 3.49. The van der Waals surface area contributed by atoms with Gasteiger partial charge in [-0.2, -0.15) is 0 Å². The fourth-order valence-electron chi connectivity index (χ4n) is 4.81. The van der Waals surface area contributed by atoms with Crippen molar-refractivity contribution in [2.24, 2.45) is 4.99 Å². The first-order chi connectivity index (χ1) is 14.7. The molecule has 30 heavy (non-hydrogen) atoms. The van der Waals surface area contributed by atoms with Crippen LogP contribution < -0.4 is 5.32 Å². The number of ether oxygens (including phenoxy) is 1. The van der Waals surface area contributed by atoms with Crippen LogP contribution in [0.3, 0.4) is 0 Å². The van der Waals surface area contributed by atoms with Crippen LogP contribution in [0.4, 0.5) is 5.69 Å². The van der Waals surface area contributed by atoms with E-state index in [0.717, 1.165) is 77.4 Å². The first-order valence-electron chi connectivity index (χ1n) is 11.3. The van der Waals surface area contributed by atoms with Crippen molar-refractivity contribution in [3.8, 4) is 0 Å². The third-order valence-electron chi connectivity index (χ3n) is 6.47. The van der Waals surface area contributed by atoms with E-state index in [2.05, 4.69) is 33.4 Å². The third-order valence-corrected chi connectivity index (χ3v) is 7.83. The highest BCUT2D eigenvalue weighted by molar-refractivity contribution is 8.14. The lowest BCUT2D eigenvalue weighted by molar-refractivity contribution is 0.0371. The summed E-state index contributed by atoms with van der Waals surface area (Å²) < 4.78 is 5.44. The number of rotatable bonds is 7. The van der Waals surface area contributed by atoms with Gasteiger partial charge in [0.05, 0.1) is 36.2 Å². The van der Waals surface area contributed by atoms with Gasteiger partial charge in [-0.05, 0) is 50.4 Å². The molecular formula is C23H31ClN4OS. The first-order valence-corrected chi connectivity index (χ1v) is 12.7. The number of H-pyrrole nitrogens is 1. The summed E-state index contributed by atoms with van der Waals surface area (Å²) in [6.45, 7) is 5.06. The SMILES string of the molecule is Clc1cc(NC2CCCC2)c2[nH]c(C3=N[C@H](CCCN4CCOCC4)CS3)cc2c1. The van der Waals surface area contributed by atoms with Crippen molar-refractivity contribution in [2.45, 2.75) is 50.6 Å². The van der Waals surface area contributed by atoms with E-state index in [1.54, 1.807) is 0 Å². The van der Waals surface area contributed by atoms with Gasteiger partial charge in [0.15, 0.2) is 0 Å². The Hall–Kier alpha value is -1.21. The van der Waals surface area contributed by atoms with Gasteiger partial charge in [-0.15, -0.1) is 11.8 Å². The summed E-state index contributed by atoms with van der Waals surface area (Å²) in [6, 6.07) is 7.31. The van der Waals surface area contributed by atoms with Crippen molar-refractivity contribution in [3.05, 3.63) is 28.9 Å². The summed E-state index contributed by atoms with van der Waals surface area (Å²) in [6.07, 6.45) is 7.50. The molecule has 5 nitrogen and oxygen atoms in total. The minimum atomic E-state index is 0.428. The number of nitrogens with one attached hydrogen (secondary N) is 2. The molecule has 1 saturated heterocycles. The molecule has 0 bridgehead atoms. The van der Waals surface area contributed by atoms with Crippen LogP contribution in [0.25, 0.3) is 10.9 Å². The number of benzene rings is 1. The second-order valence-electron chi connectivity index (χ2n) is 8.72. The molecule has 1 aliphatic carbocycles. The number of aliphatic imine (C=N–C) groups is 1. The smallest absolute Gasteiger partial charge is 0.114 e. The van der Waals surface area contributed by atoms with E-state index in [-0.39, 0.29) is 0 Å². The number of aromatic amines is 1. The van der Waals surface area contributed by atoms with E-state index >= 15 is 0 Å². The van der Waals surface area contributed by atoms with Gasteiger partial charge in [-0.3, -0.25) is 9.89 Å². The highest BCUT2D eigenvalue weighted by Gasteiger charge is 2.22. The Labute approximate surface area is 188 Å². The molecule has 1 saturated carbocycles. The van der Waals surface area contributed by atoms with Gasteiger partial charge in [0.2, 0.25) is 0 Å². The second-order valence-corrected chi connectivity index (χ2v) is 10.2. The maximum atomic E-state index is 6.42. The van der Waals surface area contributed by atoms with Crippen LogP contribution in [-0.4, -0.2) is 65.6 Å². The fraction of sp³-hybridized carbons (Fsp3) is 0.609. The van der Waals surface area contributed by atoms with Crippen molar-refractivity contribution in [2.75, 3.05) is 43.9 Å². The van der Waals surface area contributed by atoms with Crippen LogP contribution in [-0.2, 0) is 4.74 Å². The molecule has 0 radical (unpaired) electrons. The van der Waals surface area contributed by atoms with Crippen LogP contribution in [0, 0.1) is 0 Å². The molecule has 2 aliphatic heterocycles. The predicted molar refractivity (Wildman–Crippen MR) is 128 cm³/mol. The van der Waals surface area contributed by atoms with E-state index in [1.807, 2.05) is 11.8 Å². The van der Waals surface area contributed by atoms with Gasteiger partial charge in [0, 0.05) is 35.3 Å². The molecule has 1 atom stereocenters. The molecule has 2 aromatic rings. The van der Waals surface area contributed by atoms with Gasteiger partial charge in [-0.1, -0.05) is 24.4 Å². The molecule has 0 unspecified atom stereocenters. The van der Waals surface area contributed by atoms with E-state index in [0.29, 0.717) is 12.1 Å². The fourth-order valence-corrected chi connectivity index (χ4v) is 6.12. The maximum Gasteiger partial charge on any atom is 0.114 e. The van der Waals surface area contributed by atoms with E-state index < -0.39 is 0 Å². The van der Waals surface area contributed by atoms with Gasteiger partial charge >= 0.3 is 0 Å². The summed E-state index contributed by atoms with van der Waals surface area (Å²) in [4.78, 5) is 11.2. The lowest BCUT2D eigenvalue weighted by atomic mass is 10.2. The zero-order valence-corrected chi connectivity index (χ0v) is 19.0.